The summed E-state index contributed by atoms with van der Waals surface area (Å²) in [5.41, 5.74) is -0.311. The summed E-state index contributed by atoms with van der Waals surface area (Å²) in [5, 5.41) is 18.2. The molecule has 3 N–H and O–H groups in total. The van der Waals surface area contributed by atoms with Crippen LogP contribution in [-0.2, 0) is 16.0 Å². The lowest BCUT2D eigenvalue weighted by Gasteiger charge is -2.22. The number of rotatable bonds is 4. The van der Waals surface area contributed by atoms with Crippen molar-refractivity contribution in [1.82, 2.24) is 15.5 Å². The van der Waals surface area contributed by atoms with Crippen LogP contribution in [0.5, 0.6) is 0 Å². The maximum Gasteiger partial charge on any atom is 0.331 e. The van der Waals surface area contributed by atoms with E-state index in [0.717, 1.165) is 12.1 Å². The second-order valence-corrected chi connectivity index (χ2v) is 4.28. The summed E-state index contributed by atoms with van der Waals surface area (Å²) >= 11 is 0. The van der Waals surface area contributed by atoms with E-state index in [9.17, 15) is 14.7 Å². The van der Waals surface area contributed by atoms with Gasteiger partial charge in [-0.3, -0.25) is 9.89 Å². The van der Waals surface area contributed by atoms with E-state index in [4.69, 9.17) is 4.74 Å². The molecule has 0 aliphatic carbocycles. The number of aromatic amines is 1. The van der Waals surface area contributed by atoms with Crippen LogP contribution < -0.4 is 5.32 Å². The Morgan fingerprint density at radius 1 is 1.67 bits per heavy atom. The number of amides is 1. The summed E-state index contributed by atoms with van der Waals surface area (Å²) in [6.07, 6.45) is 0.993. The highest BCUT2D eigenvalue weighted by Crippen LogP contribution is 2.19. The van der Waals surface area contributed by atoms with Crippen LogP contribution in [0.2, 0.25) is 0 Å². The predicted molar refractivity (Wildman–Crippen MR) is 61.2 cm³/mol. The number of nitrogens with zero attached hydrogens (tertiary/aromatic N) is 1. The van der Waals surface area contributed by atoms with Crippen molar-refractivity contribution in [2.24, 2.45) is 0 Å². The van der Waals surface area contributed by atoms with Crippen molar-refractivity contribution in [3.05, 3.63) is 17.5 Å². The number of aliphatic carboxylic acids is 1. The lowest BCUT2D eigenvalue weighted by atomic mass is 9.99. The van der Waals surface area contributed by atoms with Gasteiger partial charge in [-0.2, -0.15) is 5.10 Å². The van der Waals surface area contributed by atoms with Gasteiger partial charge in [0.1, 0.15) is 5.69 Å². The van der Waals surface area contributed by atoms with Gasteiger partial charge < -0.3 is 15.2 Å². The van der Waals surface area contributed by atoms with Crippen molar-refractivity contribution < 1.29 is 19.4 Å². The van der Waals surface area contributed by atoms with Gasteiger partial charge in [0, 0.05) is 18.7 Å². The highest BCUT2D eigenvalue weighted by atomic mass is 16.5. The van der Waals surface area contributed by atoms with Crippen LogP contribution in [0.25, 0.3) is 0 Å². The fourth-order valence-electron chi connectivity index (χ4n) is 1.83. The van der Waals surface area contributed by atoms with Gasteiger partial charge in [-0.15, -0.1) is 0 Å². The van der Waals surface area contributed by atoms with Crippen molar-refractivity contribution in [1.29, 1.82) is 0 Å². The molecule has 1 fully saturated rings. The molecule has 2 rings (SSSR count). The molecule has 1 saturated heterocycles. The molecule has 1 amide bonds. The Bertz CT molecular complexity index is 463. The van der Waals surface area contributed by atoms with Crippen molar-refractivity contribution in [3.63, 3.8) is 0 Å². The highest BCUT2D eigenvalue weighted by Gasteiger charge is 2.44. The van der Waals surface area contributed by atoms with Crippen molar-refractivity contribution in [2.75, 3.05) is 13.2 Å². The van der Waals surface area contributed by atoms with E-state index in [-0.39, 0.29) is 18.7 Å². The van der Waals surface area contributed by atoms with Crippen molar-refractivity contribution in [3.8, 4) is 0 Å². The maximum absolute atomic E-state index is 11.9. The van der Waals surface area contributed by atoms with E-state index in [2.05, 4.69) is 15.5 Å². The van der Waals surface area contributed by atoms with E-state index in [1.54, 1.807) is 6.07 Å². The van der Waals surface area contributed by atoms with Crippen LogP contribution in [-0.4, -0.2) is 45.9 Å². The zero-order valence-corrected chi connectivity index (χ0v) is 10.0. The number of aryl methyl sites for hydroxylation is 1. The Balaban J connectivity index is 2.12. The lowest BCUT2D eigenvalue weighted by Crippen LogP contribution is -2.55. The molecule has 7 nitrogen and oxygen atoms in total. The third-order valence-corrected chi connectivity index (χ3v) is 3.03. The number of carbonyl (C=O) groups excluding carboxylic acids is 1. The van der Waals surface area contributed by atoms with Gasteiger partial charge in [-0.05, 0) is 12.5 Å². The van der Waals surface area contributed by atoms with E-state index in [0.29, 0.717) is 6.61 Å². The molecule has 1 aromatic heterocycles. The zero-order chi connectivity index (χ0) is 13.2. The number of carbonyl (C=O) groups is 2. The molecule has 1 atom stereocenters. The third kappa shape index (κ3) is 2.21. The minimum atomic E-state index is -1.33. The molecule has 2 heterocycles. The first kappa shape index (κ1) is 12.6. The number of carboxylic acid groups (broad SMARTS) is 1. The molecule has 98 valence electrons. The van der Waals surface area contributed by atoms with E-state index in [1.165, 1.54) is 0 Å². The smallest absolute Gasteiger partial charge is 0.331 e. The largest absolute Gasteiger partial charge is 0.479 e. The van der Waals surface area contributed by atoms with Gasteiger partial charge >= 0.3 is 5.97 Å². The molecule has 0 spiro atoms. The van der Waals surface area contributed by atoms with Gasteiger partial charge in [0.25, 0.3) is 5.91 Å². The molecular formula is C11H15N3O4. The minimum absolute atomic E-state index is 0.0148. The van der Waals surface area contributed by atoms with E-state index in [1.807, 2.05) is 6.92 Å². The quantitative estimate of drug-likeness (QED) is 0.697. The molecule has 1 aliphatic rings. The average Bonchev–Trinajstić information content (AvgIpc) is 2.97. The monoisotopic (exact) mass is 253 g/mol. The Kier molecular flexibility index (Phi) is 3.33. The van der Waals surface area contributed by atoms with Crippen LogP contribution >= 0.6 is 0 Å². The highest BCUT2D eigenvalue weighted by molar-refractivity contribution is 5.96. The van der Waals surface area contributed by atoms with Crippen molar-refractivity contribution >= 4 is 11.9 Å². The first-order valence-electron chi connectivity index (χ1n) is 5.75. The van der Waals surface area contributed by atoms with Crippen LogP contribution in [0, 0.1) is 0 Å². The van der Waals surface area contributed by atoms with Crippen molar-refractivity contribution in [2.45, 2.75) is 25.3 Å². The fraction of sp³-hybridized carbons (Fsp3) is 0.545. The van der Waals surface area contributed by atoms with Crippen LogP contribution in [0.3, 0.4) is 0 Å². The third-order valence-electron chi connectivity index (χ3n) is 3.03. The summed E-state index contributed by atoms with van der Waals surface area (Å²) in [7, 11) is 0. The van der Waals surface area contributed by atoms with E-state index >= 15 is 0 Å². The summed E-state index contributed by atoms with van der Waals surface area (Å²) in [4.78, 5) is 23.2. The van der Waals surface area contributed by atoms with Gasteiger partial charge in [-0.1, -0.05) is 6.92 Å². The Hall–Kier alpha value is -1.89. The first-order chi connectivity index (χ1) is 8.57. The van der Waals surface area contributed by atoms with Gasteiger partial charge in [-0.25, -0.2) is 4.79 Å². The molecule has 1 unspecified atom stereocenters. The summed E-state index contributed by atoms with van der Waals surface area (Å²) in [5.74, 6) is -1.58. The van der Waals surface area contributed by atoms with E-state index < -0.39 is 17.4 Å². The average molecular weight is 253 g/mol. The van der Waals surface area contributed by atoms with Gasteiger partial charge in [0.15, 0.2) is 5.54 Å². The van der Waals surface area contributed by atoms with Gasteiger partial charge in [0.05, 0.1) is 6.61 Å². The normalized spacial score (nSPS) is 22.9. The van der Waals surface area contributed by atoms with Gasteiger partial charge in [0.2, 0.25) is 0 Å². The Morgan fingerprint density at radius 2 is 2.44 bits per heavy atom. The predicted octanol–water partition coefficient (Wildman–Crippen LogP) is -0.0544. The second kappa shape index (κ2) is 4.77. The maximum atomic E-state index is 11.9. The molecule has 1 aliphatic heterocycles. The van der Waals surface area contributed by atoms with Crippen LogP contribution in [0.1, 0.15) is 29.5 Å². The summed E-state index contributed by atoms with van der Waals surface area (Å²) < 4.78 is 5.06. The van der Waals surface area contributed by atoms with Crippen LogP contribution in [0.4, 0.5) is 0 Å². The molecule has 0 bridgehead atoms. The molecule has 0 saturated carbocycles. The Labute approximate surface area is 104 Å². The second-order valence-electron chi connectivity index (χ2n) is 4.28. The molecule has 1 aromatic rings. The lowest BCUT2D eigenvalue weighted by molar-refractivity contribution is -0.144. The van der Waals surface area contributed by atoms with Crippen LogP contribution in [0.15, 0.2) is 6.07 Å². The number of nitrogens with one attached hydrogen (secondary N) is 2. The molecule has 18 heavy (non-hydrogen) atoms. The molecular weight excluding hydrogens is 238 g/mol. The molecule has 0 radical (unpaired) electrons. The summed E-state index contributed by atoms with van der Waals surface area (Å²) in [6, 6.07) is 1.61. The molecule has 7 heteroatoms. The fourth-order valence-corrected chi connectivity index (χ4v) is 1.83. The SMILES string of the molecule is CCc1cc(C(=O)NC2(C(=O)O)CCOC2)n[nH]1. The number of aromatic nitrogens is 2. The first-order valence-corrected chi connectivity index (χ1v) is 5.75. The Morgan fingerprint density at radius 3 is 2.94 bits per heavy atom. The summed E-state index contributed by atoms with van der Waals surface area (Å²) in [6.45, 7) is 2.24. The number of H-pyrrole nitrogens is 1. The number of carboxylic acids is 1. The topological polar surface area (TPSA) is 104 Å². The number of ether oxygens (including phenoxy) is 1. The molecule has 0 aromatic carbocycles. The number of hydrogen-bond acceptors (Lipinski definition) is 4. The number of hydrogen-bond donors (Lipinski definition) is 3. The minimum Gasteiger partial charge on any atom is -0.479 e. The standard InChI is InChI=1S/C11H15N3O4/c1-2-7-5-8(14-13-7)9(15)12-11(10(16)17)3-4-18-6-11/h5H,2-4,6H2,1H3,(H,12,15)(H,13,14)(H,16,17). The zero-order valence-electron chi connectivity index (χ0n) is 10.0.